The van der Waals surface area contributed by atoms with Crippen LogP contribution in [0.1, 0.15) is 45.1 Å². The molecule has 2 aromatic rings. The molecule has 0 saturated heterocycles. The van der Waals surface area contributed by atoms with Crippen molar-refractivity contribution in [2.75, 3.05) is 14.2 Å². The number of sulfonamides is 1. The van der Waals surface area contributed by atoms with Gasteiger partial charge in [0.15, 0.2) is 0 Å². The van der Waals surface area contributed by atoms with Crippen molar-refractivity contribution in [3.05, 3.63) is 58.1 Å². The van der Waals surface area contributed by atoms with E-state index in [9.17, 15) is 13.2 Å². The lowest BCUT2D eigenvalue weighted by Gasteiger charge is -2.18. The fraction of sp³-hybridized carbons (Fsp3) is 0.350. The highest BCUT2D eigenvalue weighted by molar-refractivity contribution is 7.89. The molecule has 1 aliphatic rings. The first-order valence-electron chi connectivity index (χ1n) is 8.65. The lowest BCUT2D eigenvalue weighted by Crippen LogP contribution is -2.28. The van der Waals surface area contributed by atoms with E-state index in [2.05, 4.69) is 4.72 Å². The number of hydrogen-bond donors (Lipinski definition) is 1. The van der Waals surface area contributed by atoms with Crippen LogP contribution in [0.4, 0.5) is 0 Å². The van der Waals surface area contributed by atoms with Crippen LogP contribution in [0, 0.1) is 13.8 Å². The predicted octanol–water partition coefficient (Wildman–Crippen LogP) is 3.06. The molecule has 144 valence electrons. The van der Waals surface area contributed by atoms with Crippen molar-refractivity contribution in [2.24, 2.45) is 0 Å². The van der Waals surface area contributed by atoms with Gasteiger partial charge >= 0.3 is 5.97 Å². The van der Waals surface area contributed by atoms with E-state index in [-0.39, 0.29) is 10.9 Å². The number of esters is 1. The van der Waals surface area contributed by atoms with Gasteiger partial charge in [-0.25, -0.2) is 17.9 Å². The van der Waals surface area contributed by atoms with E-state index in [0.717, 1.165) is 11.1 Å². The zero-order chi connectivity index (χ0) is 19.8. The molecule has 3 rings (SSSR count). The highest BCUT2D eigenvalue weighted by atomic mass is 32.2. The summed E-state index contributed by atoms with van der Waals surface area (Å²) in [5, 5.41) is 0. The number of carbonyl (C=O) groups is 1. The summed E-state index contributed by atoms with van der Waals surface area (Å²) in [6.45, 7) is 3.52. The highest BCUT2D eigenvalue weighted by Gasteiger charge is 2.30. The first-order valence-corrected chi connectivity index (χ1v) is 10.1. The minimum atomic E-state index is -3.70. The number of aryl methyl sites for hydroxylation is 3. The Morgan fingerprint density at radius 3 is 2.37 bits per heavy atom. The number of methoxy groups -OCH3 is 2. The third kappa shape index (κ3) is 3.70. The van der Waals surface area contributed by atoms with E-state index in [4.69, 9.17) is 9.47 Å². The Morgan fingerprint density at radius 2 is 1.78 bits per heavy atom. The maximum absolute atomic E-state index is 13.0. The van der Waals surface area contributed by atoms with Crippen LogP contribution in [0.25, 0.3) is 0 Å². The summed E-state index contributed by atoms with van der Waals surface area (Å²) in [6.07, 6.45) is 1.35. The molecule has 1 aliphatic carbocycles. The molecule has 7 heteroatoms. The van der Waals surface area contributed by atoms with Gasteiger partial charge in [-0.05, 0) is 73.2 Å². The molecule has 27 heavy (non-hydrogen) atoms. The Morgan fingerprint density at radius 1 is 1.11 bits per heavy atom. The van der Waals surface area contributed by atoms with E-state index < -0.39 is 16.0 Å². The van der Waals surface area contributed by atoms with Crippen molar-refractivity contribution in [3.8, 4) is 5.75 Å². The second-order valence-electron chi connectivity index (χ2n) is 6.71. The van der Waals surface area contributed by atoms with Crippen LogP contribution in [0.5, 0.6) is 5.75 Å². The van der Waals surface area contributed by atoms with Crippen molar-refractivity contribution in [1.82, 2.24) is 4.72 Å². The van der Waals surface area contributed by atoms with E-state index in [0.29, 0.717) is 35.3 Å². The summed E-state index contributed by atoms with van der Waals surface area (Å²) in [4.78, 5) is 12.0. The molecule has 0 spiro atoms. The number of nitrogens with one attached hydrogen (secondary N) is 1. The number of hydrogen-bond acceptors (Lipinski definition) is 5. The summed E-state index contributed by atoms with van der Waals surface area (Å²) in [7, 11) is -0.807. The fourth-order valence-corrected chi connectivity index (χ4v) is 5.39. The molecule has 0 heterocycles. The van der Waals surface area contributed by atoms with E-state index >= 15 is 0 Å². The average Bonchev–Trinajstić information content (AvgIpc) is 3.01. The average molecular weight is 389 g/mol. The van der Waals surface area contributed by atoms with Crippen molar-refractivity contribution in [3.63, 3.8) is 0 Å². The molecule has 0 saturated carbocycles. The van der Waals surface area contributed by atoms with Gasteiger partial charge in [-0.15, -0.1) is 0 Å². The van der Waals surface area contributed by atoms with Gasteiger partial charge in [-0.2, -0.15) is 0 Å². The van der Waals surface area contributed by atoms with Crippen LogP contribution in [0.3, 0.4) is 0 Å². The van der Waals surface area contributed by atoms with Crippen LogP contribution in [-0.2, 0) is 21.2 Å². The van der Waals surface area contributed by atoms with Gasteiger partial charge in [0.05, 0.1) is 24.7 Å². The molecule has 1 unspecified atom stereocenters. The SMILES string of the molecule is COC(=O)c1ccc2c(c1)CCC2NS(=O)(=O)c1c(C)cc(OC)cc1C. The van der Waals surface area contributed by atoms with Crippen molar-refractivity contribution >= 4 is 16.0 Å². The quantitative estimate of drug-likeness (QED) is 0.795. The highest BCUT2D eigenvalue weighted by Crippen LogP contribution is 2.34. The van der Waals surface area contributed by atoms with Gasteiger partial charge < -0.3 is 9.47 Å². The molecule has 2 aromatic carbocycles. The topological polar surface area (TPSA) is 81.7 Å². The second kappa shape index (κ2) is 7.32. The smallest absolute Gasteiger partial charge is 0.337 e. The molecule has 0 radical (unpaired) electrons. The first-order chi connectivity index (χ1) is 12.8. The maximum atomic E-state index is 13.0. The van der Waals surface area contributed by atoms with Crippen LogP contribution < -0.4 is 9.46 Å². The lowest BCUT2D eigenvalue weighted by molar-refractivity contribution is 0.0600. The lowest BCUT2D eigenvalue weighted by atomic mass is 10.1. The summed E-state index contributed by atoms with van der Waals surface area (Å²) in [6, 6.07) is 8.35. The fourth-order valence-electron chi connectivity index (χ4n) is 3.68. The summed E-state index contributed by atoms with van der Waals surface area (Å²) in [5.74, 6) is 0.233. The molecule has 0 aromatic heterocycles. The zero-order valence-electron chi connectivity index (χ0n) is 15.8. The Hall–Kier alpha value is -2.38. The molecule has 1 N–H and O–H groups in total. The van der Waals surface area contributed by atoms with Gasteiger partial charge in [0.1, 0.15) is 5.75 Å². The number of benzene rings is 2. The second-order valence-corrected chi connectivity index (χ2v) is 8.36. The molecule has 1 atom stereocenters. The Labute approximate surface area is 159 Å². The third-order valence-electron chi connectivity index (χ3n) is 4.88. The standard InChI is InChI=1S/C20H23NO5S/c1-12-9-16(25-3)10-13(2)19(12)27(23,24)21-18-8-6-14-11-15(20(22)26-4)5-7-17(14)18/h5,7,9-11,18,21H,6,8H2,1-4H3. The number of ether oxygens (including phenoxy) is 2. The minimum Gasteiger partial charge on any atom is -0.497 e. The molecule has 0 bridgehead atoms. The Balaban J connectivity index is 1.90. The van der Waals surface area contributed by atoms with Gasteiger partial charge in [-0.1, -0.05) is 6.07 Å². The van der Waals surface area contributed by atoms with Crippen LogP contribution >= 0.6 is 0 Å². The zero-order valence-corrected chi connectivity index (χ0v) is 16.6. The van der Waals surface area contributed by atoms with E-state index in [1.165, 1.54) is 7.11 Å². The first kappa shape index (κ1) is 19.4. The monoisotopic (exact) mass is 389 g/mol. The number of rotatable bonds is 5. The van der Waals surface area contributed by atoms with Gasteiger partial charge in [0.2, 0.25) is 10.0 Å². The van der Waals surface area contributed by atoms with E-state index in [1.54, 1.807) is 51.3 Å². The van der Waals surface area contributed by atoms with Gasteiger partial charge in [0, 0.05) is 6.04 Å². The maximum Gasteiger partial charge on any atom is 0.337 e. The Kier molecular flexibility index (Phi) is 5.26. The molecular weight excluding hydrogens is 366 g/mol. The largest absolute Gasteiger partial charge is 0.497 e. The number of carbonyl (C=O) groups excluding carboxylic acids is 1. The van der Waals surface area contributed by atoms with Crippen molar-refractivity contribution in [2.45, 2.75) is 37.6 Å². The summed E-state index contributed by atoms with van der Waals surface area (Å²) in [5.41, 5.74) is 3.61. The van der Waals surface area contributed by atoms with Crippen molar-refractivity contribution < 1.29 is 22.7 Å². The van der Waals surface area contributed by atoms with E-state index in [1.807, 2.05) is 0 Å². The van der Waals surface area contributed by atoms with Crippen molar-refractivity contribution in [1.29, 1.82) is 0 Å². The molecule has 6 nitrogen and oxygen atoms in total. The summed E-state index contributed by atoms with van der Waals surface area (Å²) >= 11 is 0. The normalized spacial score (nSPS) is 16.1. The van der Waals surface area contributed by atoms with Gasteiger partial charge in [-0.3, -0.25) is 0 Å². The molecular formula is C20H23NO5S. The Bertz CT molecular complexity index is 974. The minimum absolute atomic E-state index is 0.280. The summed E-state index contributed by atoms with van der Waals surface area (Å²) < 4.78 is 38.9. The predicted molar refractivity (Wildman–Crippen MR) is 102 cm³/mol. The van der Waals surface area contributed by atoms with Crippen LogP contribution in [-0.4, -0.2) is 28.6 Å². The third-order valence-corrected chi connectivity index (χ3v) is 6.65. The van der Waals surface area contributed by atoms with Crippen LogP contribution in [0.2, 0.25) is 0 Å². The molecule has 0 fully saturated rings. The molecule has 0 amide bonds. The number of fused-ring (bicyclic) bond motifs is 1. The van der Waals surface area contributed by atoms with Gasteiger partial charge in [0.25, 0.3) is 0 Å². The van der Waals surface area contributed by atoms with Crippen LogP contribution in [0.15, 0.2) is 35.2 Å². The molecule has 0 aliphatic heterocycles.